The molecule has 3 rings (SSSR count). The molecule has 0 bridgehead atoms. The standard InChI is InChI=1S/C19H17Cl2NO4/c1-12-10-19(18(23)24,26-22-12)17(14-7-8-15(20)16(21)9-14)25-11-13-5-3-2-4-6-13/h2-9,17H,10-11H2,1H3,(H,23,24). The van der Waals surface area contributed by atoms with E-state index in [1.165, 1.54) is 0 Å². The van der Waals surface area contributed by atoms with Crippen molar-refractivity contribution in [3.8, 4) is 0 Å². The van der Waals surface area contributed by atoms with Gasteiger partial charge in [-0.3, -0.25) is 0 Å². The van der Waals surface area contributed by atoms with E-state index < -0.39 is 17.7 Å². The summed E-state index contributed by atoms with van der Waals surface area (Å²) in [5, 5.41) is 14.4. The van der Waals surface area contributed by atoms with Crippen LogP contribution in [0.5, 0.6) is 0 Å². The van der Waals surface area contributed by atoms with Crippen molar-refractivity contribution in [1.29, 1.82) is 0 Å². The number of nitrogens with zero attached hydrogens (tertiary/aromatic N) is 1. The molecule has 2 unspecified atom stereocenters. The molecule has 1 aliphatic heterocycles. The van der Waals surface area contributed by atoms with Crippen LogP contribution in [0.2, 0.25) is 10.0 Å². The van der Waals surface area contributed by atoms with Crippen molar-refractivity contribution in [1.82, 2.24) is 0 Å². The molecule has 2 atom stereocenters. The smallest absolute Gasteiger partial charge is 0.354 e. The minimum absolute atomic E-state index is 0.113. The minimum atomic E-state index is -1.66. The summed E-state index contributed by atoms with van der Waals surface area (Å²) in [6.45, 7) is 1.93. The Labute approximate surface area is 161 Å². The number of halogens is 2. The van der Waals surface area contributed by atoms with Gasteiger partial charge in [-0.05, 0) is 30.2 Å². The highest BCUT2D eigenvalue weighted by Crippen LogP contribution is 2.41. The molecule has 0 saturated heterocycles. The molecular formula is C19H17Cl2NO4. The molecule has 136 valence electrons. The topological polar surface area (TPSA) is 68.1 Å². The molecular weight excluding hydrogens is 377 g/mol. The third kappa shape index (κ3) is 3.70. The molecule has 1 heterocycles. The molecule has 0 fully saturated rings. The number of rotatable bonds is 6. The van der Waals surface area contributed by atoms with Gasteiger partial charge in [0.15, 0.2) is 0 Å². The lowest BCUT2D eigenvalue weighted by atomic mass is 9.86. The summed E-state index contributed by atoms with van der Waals surface area (Å²) < 4.78 is 6.03. The molecule has 1 aliphatic rings. The number of aliphatic carboxylic acids is 1. The molecule has 7 heteroatoms. The van der Waals surface area contributed by atoms with Gasteiger partial charge in [0.25, 0.3) is 5.60 Å². The first-order valence-corrected chi connectivity index (χ1v) is 8.73. The molecule has 5 nitrogen and oxygen atoms in total. The van der Waals surface area contributed by atoms with Gasteiger partial charge in [0.2, 0.25) is 0 Å². The second-order valence-corrected chi connectivity index (χ2v) is 6.95. The van der Waals surface area contributed by atoms with E-state index in [1.807, 2.05) is 30.3 Å². The molecule has 0 aliphatic carbocycles. The van der Waals surface area contributed by atoms with Gasteiger partial charge in [-0.1, -0.05) is 64.8 Å². The molecule has 26 heavy (non-hydrogen) atoms. The third-order valence-electron chi connectivity index (χ3n) is 4.17. The Bertz CT molecular complexity index is 841. The monoisotopic (exact) mass is 393 g/mol. The fraction of sp³-hybridized carbons (Fsp3) is 0.263. The first-order chi connectivity index (χ1) is 12.4. The first kappa shape index (κ1) is 18.7. The molecule has 2 aromatic carbocycles. The fourth-order valence-corrected chi connectivity index (χ4v) is 3.21. The van der Waals surface area contributed by atoms with E-state index in [1.54, 1.807) is 25.1 Å². The van der Waals surface area contributed by atoms with Crippen molar-refractivity contribution in [3.63, 3.8) is 0 Å². The van der Waals surface area contributed by atoms with Crippen LogP contribution in [0.4, 0.5) is 0 Å². The van der Waals surface area contributed by atoms with Gasteiger partial charge in [0.1, 0.15) is 6.10 Å². The Morgan fingerprint density at radius 1 is 1.27 bits per heavy atom. The lowest BCUT2D eigenvalue weighted by molar-refractivity contribution is -0.187. The number of benzene rings is 2. The predicted molar refractivity (Wildman–Crippen MR) is 99.6 cm³/mol. The average Bonchev–Trinajstić information content (AvgIpc) is 3.02. The van der Waals surface area contributed by atoms with Crippen LogP contribution >= 0.6 is 23.2 Å². The number of hydrogen-bond acceptors (Lipinski definition) is 4. The van der Waals surface area contributed by atoms with Crippen LogP contribution in [0.15, 0.2) is 53.7 Å². The summed E-state index contributed by atoms with van der Waals surface area (Å²) in [4.78, 5) is 17.5. The van der Waals surface area contributed by atoms with Gasteiger partial charge < -0.3 is 14.7 Å². The van der Waals surface area contributed by atoms with Crippen LogP contribution in [-0.4, -0.2) is 22.4 Å². The summed E-state index contributed by atoms with van der Waals surface area (Å²) >= 11 is 12.1. The maximum atomic E-state index is 12.1. The lowest BCUT2D eigenvalue weighted by Crippen LogP contribution is -2.46. The molecule has 0 saturated carbocycles. The maximum absolute atomic E-state index is 12.1. The Kier molecular flexibility index (Phi) is 5.51. The van der Waals surface area contributed by atoms with Crippen LogP contribution < -0.4 is 0 Å². The summed E-state index contributed by atoms with van der Waals surface area (Å²) in [5.74, 6) is -1.15. The Hall–Kier alpha value is -2.08. The number of hydrogen-bond donors (Lipinski definition) is 1. The van der Waals surface area contributed by atoms with E-state index in [0.717, 1.165) is 5.56 Å². The first-order valence-electron chi connectivity index (χ1n) is 7.98. The Balaban J connectivity index is 1.97. The summed E-state index contributed by atoms with van der Waals surface area (Å²) in [6, 6.07) is 14.4. The highest BCUT2D eigenvalue weighted by molar-refractivity contribution is 6.42. The molecule has 1 N–H and O–H groups in total. The Morgan fingerprint density at radius 2 is 2.00 bits per heavy atom. The predicted octanol–water partition coefficient (Wildman–Crippen LogP) is 4.87. The van der Waals surface area contributed by atoms with Gasteiger partial charge in [0, 0.05) is 6.42 Å². The summed E-state index contributed by atoms with van der Waals surface area (Å²) in [6.07, 6.45) is -0.807. The van der Waals surface area contributed by atoms with Crippen molar-refractivity contribution in [2.75, 3.05) is 0 Å². The van der Waals surface area contributed by atoms with Crippen LogP contribution in [0.3, 0.4) is 0 Å². The van der Waals surface area contributed by atoms with Gasteiger partial charge in [-0.2, -0.15) is 0 Å². The van der Waals surface area contributed by atoms with Crippen LogP contribution in [0.1, 0.15) is 30.6 Å². The van der Waals surface area contributed by atoms with Gasteiger partial charge in [-0.25, -0.2) is 4.79 Å². The number of carboxylic acid groups (broad SMARTS) is 1. The van der Waals surface area contributed by atoms with Gasteiger partial charge in [-0.15, -0.1) is 0 Å². The molecule has 2 aromatic rings. The number of ether oxygens (including phenoxy) is 1. The van der Waals surface area contributed by atoms with Crippen molar-refractivity contribution >= 4 is 34.9 Å². The van der Waals surface area contributed by atoms with Gasteiger partial charge >= 0.3 is 5.97 Å². The normalized spacial score (nSPS) is 20.3. The second-order valence-electron chi connectivity index (χ2n) is 6.14. The molecule has 0 radical (unpaired) electrons. The molecule has 0 spiro atoms. The largest absolute Gasteiger partial charge is 0.478 e. The summed E-state index contributed by atoms with van der Waals surface area (Å²) in [7, 11) is 0. The zero-order valence-corrected chi connectivity index (χ0v) is 15.5. The SMILES string of the molecule is CC1=NOC(C(=O)O)(C(OCc2ccccc2)c2ccc(Cl)c(Cl)c2)C1. The number of carboxylic acids is 1. The second kappa shape index (κ2) is 7.66. The van der Waals surface area contributed by atoms with E-state index in [0.29, 0.717) is 21.3 Å². The van der Waals surface area contributed by atoms with E-state index in [9.17, 15) is 9.90 Å². The van der Waals surface area contributed by atoms with Crippen molar-refractivity contribution in [2.45, 2.75) is 31.7 Å². The number of oxime groups is 1. The number of carbonyl (C=O) groups is 1. The van der Waals surface area contributed by atoms with Crippen LogP contribution in [-0.2, 0) is 21.0 Å². The maximum Gasteiger partial charge on any atom is 0.354 e. The van der Waals surface area contributed by atoms with Crippen molar-refractivity contribution in [2.24, 2.45) is 5.16 Å². The highest BCUT2D eigenvalue weighted by Gasteiger charge is 2.54. The quantitative estimate of drug-likeness (QED) is 0.759. The Morgan fingerprint density at radius 3 is 2.58 bits per heavy atom. The van der Waals surface area contributed by atoms with E-state index in [4.69, 9.17) is 32.8 Å². The van der Waals surface area contributed by atoms with Crippen LogP contribution in [0.25, 0.3) is 0 Å². The zero-order valence-electron chi connectivity index (χ0n) is 14.0. The third-order valence-corrected chi connectivity index (χ3v) is 4.91. The van der Waals surface area contributed by atoms with Crippen molar-refractivity contribution in [3.05, 3.63) is 69.7 Å². The van der Waals surface area contributed by atoms with E-state index >= 15 is 0 Å². The minimum Gasteiger partial charge on any atom is -0.478 e. The van der Waals surface area contributed by atoms with Crippen LogP contribution in [0, 0.1) is 0 Å². The van der Waals surface area contributed by atoms with E-state index in [-0.39, 0.29) is 13.0 Å². The highest BCUT2D eigenvalue weighted by atomic mass is 35.5. The van der Waals surface area contributed by atoms with E-state index in [2.05, 4.69) is 5.16 Å². The summed E-state index contributed by atoms with van der Waals surface area (Å²) in [5.41, 5.74) is 0.396. The van der Waals surface area contributed by atoms with Crippen molar-refractivity contribution < 1.29 is 19.5 Å². The molecule has 0 amide bonds. The lowest BCUT2D eigenvalue weighted by Gasteiger charge is -2.31. The average molecular weight is 394 g/mol. The zero-order chi connectivity index (χ0) is 18.7. The van der Waals surface area contributed by atoms with Gasteiger partial charge in [0.05, 0.1) is 22.4 Å². The fourth-order valence-electron chi connectivity index (χ4n) is 2.90. The molecule has 0 aromatic heterocycles.